The molecule has 0 aromatic heterocycles. The lowest BCUT2D eigenvalue weighted by atomic mass is 9.72. The SMILES string of the molecule is CCC1=C(P(=O)(O)O)C[C@H](NC(=O)OC(C)(C)C)[C@@H](NC(C)=O)[C@]1(CC)OC(CC)CC. The summed E-state index contributed by atoms with van der Waals surface area (Å²) in [6.45, 7) is 14.2. The standard InChI is InChI=1S/C22H41N2O7P/c1-9-15(10-2)30-22(12-4)16(11-3)18(32(27,28)29)13-17(19(22)23-14(5)25)24-20(26)31-21(6,7)8/h15,17,19H,9-13H2,1-8H3,(H,23,25)(H,24,26)(H2,27,28,29)/t17-,19+,22+/m0/s1. The van der Waals surface area contributed by atoms with Crippen molar-refractivity contribution in [3.63, 3.8) is 0 Å². The van der Waals surface area contributed by atoms with Crippen molar-refractivity contribution in [1.82, 2.24) is 10.6 Å². The van der Waals surface area contributed by atoms with Crippen LogP contribution >= 0.6 is 7.60 Å². The fourth-order valence-corrected chi connectivity index (χ4v) is 5.58. The van der Waals surface area contributed by atoms with E-state index in [4.69, 9.17) is 9.47 Å². The van der Waals surface area contributed by atoms with E-state index in [9.17, 15) is 23.9 Å². The van der Waals surface area contributed by atoms with Crippen molar-refractivity contribution in [2.45, 2.75) is 117 Å². The van der Waals surface area contributed by atoms with Gasteiger partial charge < -0.3 is 29.9 Å². The summed E-state index contributed by atoms with van der Waals surface area (Å²) < 4.78 is 24.5. The molecule has 4 N–H and O–H groups in total. The van der Waals surface area contributed by atoms with E-state index < -0.39 is 37.0 Å². The first-order chi connectivity index (χ1) is 14.6. The molecular weight excluding hydrogens is 435 g/mol. The molecule has 0 aromatic carbocycles. The molecule has 1 aliphatic carbocycles. The van der Waals surface area contributed by atoms with Gasteiger partial charge in [-0.15, -0.1) is 0 Å². The Hall–Kier alpha value is -1.41. The number of nitrogens with one attached hydrogen (secondary N) is 2. The first-order valence-electron chi connectivity index (χ1n) is 11.4. The van der Waals surface area contributed by atoms with E-state index in [0.29, 0.717) is 31.3 Å². The zero-order valence-corrected chi connectivity index (χ0v) is 21.5. The lowest BCUT2D eigenvalue weighted by Crippen LogP contribution is -2.67. The number of carbonyl (C=O) groups excluding carboxylic acids is 2. The minimum absolute atomic E-state index is 0.0459. The first kappa shape index (κ1) is 28.6. The second kappa shape index (κ2) is 11.1. The van der Waals surface area contributed by atoms with E-state index in [1.54, 1.807) is 20.8 Å². The van der Waals surface area contributed by atoms with Crippen LogP contribution in [0.15, 0.2) is 10.9 Å². The molecule has 0 saturated heterocycles. The van der Waals surface area contributed by atoms with Gasteiger partial charge >= 0.3 is 13.7 Å². The normalized spacial score (nSPS) is 24.5. The summed E-state index contributed by atoms with van der Waals surface area (Å²) in [5, 5.41) is 5.61. The fourth-order valence-electron chi connectivity index (χ4n) is 4.45. The number of alkyl carbamates (subject to hydrolysis) is 1. The van der Waals surface area contributed by atoms with Gasteiger partial charge in [-0.05, 0) is 52.0 Å². The molecule has 1 rings (SSSR count). The number of rotatable bonds is 9. The van der Waals surface area contributed by atoms with Crippen LogP contribution in [0.5, 0.6) is 0 Å². The van der Waals surface area contributed by atoms with Gasteiger partial charge in [-0.3, -0.25) is 9.36 Å². The number of amides is 2. The van der Waals surface area contributed by atoms with E-state index in [0.717, 1.165) is 0 Å². The van der Waals surface area contributed by atoms with Crippen molar-refractivity contribution in [2.75, 3.05) is 0 Å². The van der Waals surface area contributed by atoms with Gasteiger partial charge in [0.25, 0.3) is 0 Å². The lowest BCUT2D eigenvalue weighted by molar-refractivity contribution is -0.130. The smallest absolute Gasteiger partial charge is 0.407 e. The fraction of sp³-hybridized carbons (Fsp3) is 0.818. The van der Waals surface area contributed by atoms with Crippen molar-refractivity contribution in [3.8, 4) is 0 Å². The molecule has 9 nitrogen and oxygen atoms in total. The summed E-state index contributed by atoms with van der Waals surface area (Å²) in [4.78, 5) is 45.2. The summed E-state index contributed by atoms with van der Waals surface area (Å²) in [7, 11) is -4.65. The predicted octanol–water partition coefficient (Wildman–Crippen LogP) is 3.98. The van der Waals surface area contributed by atoms with Gasteiger partial charge in [0.15, 0.2) is 0 Å². The molecule has 1 aliphatic rings. The summed E-state index contributed by atoms with van der Waals surface area (Å²) in [5.74, 6) is -0.327. The van der Waals surface area contributed by atoms with E-state index in [2.05, 4.69) is 10.6 Å². The molecule has 0 aliphatic heterocycles. The monoisotopic (exact) mass is 476 g/mol. The molecule has 186 valence electrons. The van der Waals surface area contributed by atoms with E-state index >= 15 is 0 Å². The second-order valence-electron chi connectivity index (χ2n) is 9.26. The van der Waals surface area contributed by atoms with Gasteiger partial charge in [-0.25, -0.2) is 4.79 Å². The first-order valence-corrected chi connectivity index (χ1v) is 13.0. The molecule has 0 radical (unpaired) electrons. The van der Waals surface area contributed by atoms with Gasteiger partial charge in [0.05, 0.1) is 18.2 Å². The van der Waals surface area contributed by atoms with E-state index in [1.165, 1.54) is 6.92 Å². The van der Waals surface area contributed by atoms with Crippen LogP contribution in [0.3, 0.4) is 0 Å². The van der Waals surface area contributed by atoms with Crippen LogP contribution in [-0.4, -0.2) is 51.2 Å². The Morgan fingerprint density at radius 2 is 1.72 bits per heavy atom. The average Bonchev–Trinajstić information content (AvgIpc) is 2.65. The molecule has 2 amide bonds. The topological polar surface area (TPSA) is 134 Å². The Kier molecular flexibility index (Phi) is 9.97. The Bertz CT molecular complexity index is 752. The Morgan fingerprint density at radius 1 is 1.16 bits per heavy atom. The highest BCUT2D eigenvalue weighted by Crippen LogP contribution is 2.56. The number of carbonyl (C=O) groups is 2. The Morgan fingerprint density at radius 3 is 2.09 bits per heavy atom. The Balaban J connectivity index is 3.72. The van der Waals surface area contributed by atoms with Crippen LogP contribution in [0, 0.1) is 0 Å². The van der Waals surface area contributed by atoms with Gasteiger partial charge in [-0.2, -0.15) is 0 Å². The van der Waals surface area contributed by atoms with Crippen LogP contribution in [-0.2, 0) is 18.8 Å². The highest BCUT2D eigenvalue weighted by atomic mass is 31.2. The predicted molar refractivity (Wildman–Crippen MR) is 123 cm³/mol. The maximum Gasteiger partial charge on any atom is 0.407 e. The zero-order valence-electron chi connectivity index (χ0n) is 20.7. The third-order valence-corrected chi connectivity index (χ3v) is 6.91. The van der Waals surface area contributed by atoms with Crippen molar-refractivity contribution >= 4 is 19.6 Å². The minimum Gasteiger partial charge on any atom is -0.444 e. The van der Waals surface area contributed by atoms with E-state index in [-0.39, 0.29) is 23.7 Å². The molecule has 0 fully saturated rings. The quantitative estimate of drug-likeness (QED) is 0.370. The Labute approximate surface area is 191 Å². The number of ether oxygens (including phenoxy) is 2. The molecule has 0 bridgehead atoms. The molecule has 10 heteroatoms. The molecule has 0 saturated carbocycles. The molecule has 3 atom stereocenters. The molecule has 32 heavy (non-hydrogen) atoms. The molecule has 0 heterocycles. The van der Waals surface area contributed by atoms with Gasteiger partial charge in [0.1, 0.15) is 11.2 Å². The second-order valence-corrected chi connectivity index (χ2v) is 10.9. The highest BCUT2D eigenvalue weighted by Gasteiger charge is 2.54. The van der Waals surface area contributed by atoms with Crippen LogP contribution in [0.4, 0.5) is 4.79 Å². The molecule has 0 unspecified atom stereocenters. The van der Waals surface area contributed by atoms with Gasteiger partial charge in [0.2, 0.25) is 5.91 Å². The summed E-state index contributed by atoms with van der Waals surface area (Å²) >= 11 is 0. The lowest BCUT2D eigenvalue weighted by Gasteiger charge is -2.51. The average molecular weight is 477 g/mol. The molecule has 0 aromatic rings. The van der Waals surface area contributed by atoms with Crippen molar-refractivity contribution in [3.05, 3.63) is 10.9 Å². The third kappa shape index (κ3) is 7.04. The van der Waals surface area contributed by atoms with Crippen molar-refractivity contribution in [2.24, 2.45) is 0 Å². The highest BCUT2D eigenvalue weighted by molar-refractivity contribution is 7.56. The maximum absolute atomic E-state index is 12.6. The van der Waals surface area contributed by atoms with Gasteiger partial charge in [-0.1, -0.05) is 27.7 Å². The third-order valence-electron chi connectivity index (χ3n) is 5.76. The largest absolute Gasteiger partial charge is 0.444 e. The maximum atomic E-state index is 12.6. The molecule has 0 spiro atoms. The molecular formula is C22H41N2O7P. The summed E-state index contributed by atoms with van der Waals surface area (Å²) in [5.41, 5.74) is -1.46. The van der Waals surface area contributed by atoms with Crippen LogP contribution < -0.4 is 10.6 Å². The summed E-state index contributed by atoms with van der Waals surface area (Å²) in [6, 6.07) is -1.57. The number of hydrogen-bond acceptors (Lipinski definition) is 5. The zero-order chi connectivity index (χ0) is 24.9. The minimum atomic E-state index is -4.65. The van der Waals surface area contributed by atoms with Crippen LogP contribution in [0.25, 0.3) is 0 Å². The van der Waals surface area contributed by atoms with Gasteiger partial charge in [0, 0.05) is 18.7 Å². The van der Waals surface area contributed by atoms with Crippen molar-refractivity contribution < 1.29 is 33.4 Å². The van der Waals surface area contributed by atoms with Crippen LogP contribution in [0.1, 0.15) is 87.5 Å². The van der Waals surface area contributed by atoms with E-state index in [1.807, 2.05) is 27.7 Å². The van der Waals surface area contributed by atoms with Crippen LogP contribution in [0.2, 0.25) is 0 Å². The van der Waals surface area contributed by atoms with Crippen molar-refractivity contribution in [1.29, 1.82) is 0 Å². The summed E-state index contributed by atoms with van der Waals surface area (Å²) in [6.07, 6.45) is 1.04. The number of hydrogen-bond donors (Lipinski definition) is 4.